The van der Waals surface area contributed by atoms with Crippen LogP contribution in [0.2, 0.25) is 5.02 Å². The second-order valence-corrected chi connectivity index (χ2v) is 6.73. The highest BCUT2D eigenvalue weighted by molar-refractivity contribution is 6.30. The van der Waals surface area contributed by atoms with Crippen molar-refractivity contribution in [3.8, 4) is 0 Å². The number of benzene rings is 2. The predicted octanol–water partition coefficient (Wildman–Crippen LogP) is 4.92. The largest absolute Gasteiger partial charge is 0.411 e. The summed E-state index contributed by atoms with van der Waals surface area (Å²) < 4.78 is 42.8. The van der Waals surface area contributed by atoms with Gasteiger partial charge in [-0.2, -0.15) is 18.3 Å². The SMILES string of the molecule is O=C(Nc1ccn(Cc2cccc(Cl)c2)n1)c1cccc(COCC(F)(F)F)c1. The van der Waals surface area contributed by atoms with E-state index in [9.17, 15) is 18.0 Å². The quantitative estimate of drug-likeness (QED) is 0.587. The Kier molecular flexibility index (Phi) is 6.56. The molecule has 1 N–H and O–H groups in total. The van der Waals surface area contributed by atoms with Crippen molar-refractivity contribution in [3.05, 3.63) is 82.5 Å². The molecule has 0 saturated heterocycles. The number of carbonyl (C=O) groups is 1. The second kappa shape index (κ2) is 9.11. The molecule has 5 nitrogen and oxygen atoms in total. The molecular weight excluding hydrogens is 407 g/mol. The van der Waals surface area contributed by atoms with Crippen LogP contribution >= 0.6 is 11.6 Å². The average molecular weight is 424 g/mol. The number of halogens is 4. The van der Waals surface area contributed by atoms with E-state index in [1.165, 1.54) is 6.07 Å². The van der Waals surface area contributed by atoms with Crippen LogP contribution in [0.15, 0.2) is 60.8 Å². The van der Waals surface area contributed by atoms with Crippen molar-refractivity contribution in [2.75, 3.05) is 11.9 Å². The van der Waals surface area contributed by atoms with Crippen molar-refractivity contribution < 1.29 is 22.7 Å². The van der Waals surface area contributed by atoms with Crippen LogP contribution in [-0.4, -0.2) is 28.5 Å². The van der Waals surface area contributed by atoms with E-state index < -0.39 is 18.7 Å². The fourth-order valence-electron chi connectivity index (χ4n) is 2.61. The predicted molar refractivity (Wildman–Crippen MR) is 103 cm³/mol. The molecule has 1 aromatic heterocycles. The van der Waals surface area contributed by atoms with E-state index in [2.05, 4.69) is 15.2 Å². The van der Waals surface area contributed by atoms with Gasteiger partial charge in [-0.15, -0.1) is 0 Å². The lowest BCUT2D eigenvalue weighted by Gasteiger charge is -2.09. The number of hydrogen-bond acceptors (Lipinski definition) is 3. The number of hydrogen-bond donors (Lipinski definition) is 1. The maximum atomic E-state index is 12.4. The Morgan fingerprint density at radius 2 is 1.86 bits per heavy atom. The van der Waals surface area contributed by atoms with E-state index in [1.807, 2.05) is 18.2 Å². The lowest BCUT2D eigenvalue weighted by atomic mass is 10.1. The summed E-state index contributed by atoms with van der Waals surface area (Å²) in [7, 11) is 0. The first-order valence-corrected chi connectivity index (χ1v) is 8.99. The van der Waals surface area contributed by atoms with Gasteiger partial charge in [-0.1, -0.05) is 35.9 Å². The van der Waals surface area contributed by atoms with Crippen molar-refractivity contribution in [1.82, 2.24) is 9.78 Å². The van der Waals surface area contributed by atoms with Crippen LogP contribution in [0.5, 0.6) is 0 Å². The van der Waals surface area contributed by atoms with Crippen molar-refractivity contribution in [2.24, 2.45) is 0 Å². The van der Waals surface area contributed by atoms with Crippen molar-refractivity contribution in [1.29, 1.82) is 0 Å². The molecule has 0 fully saturated rings. The molecule has 1 heterocycles. The van der Waals surface area contributed by atoms with Gasteiger partial charge in [-0.25, -0.2) is 0 Å². The zero-order valence-corrected chi connectivity index (χ0v) is 15.9. The first-order chi connectivity index (χ1) is 13.8. The Bertz CT molecular complexity index is 989. The lowest BCUT2D eigenvalue weighted by Crippen LogP contribution is -2.17. The normalized spacial score (nSPS) is 11.4. The highest BCUT2D eigenvalue weighted by Crippen LogP contribution is 2.17. The Morgan fingerprint density at radius 1 is 1.10 bits per heavy atom. The number of nitrogens with zero attached hydrogens (tertiary/aromatic N) is 2. The number of aromatic nitrogens is 2. The highest BCUT2D eigenvalue weighted by Gasteiger charge is 2.27. The third kappa shape index (κ3) is 6.62. The molecule has 0 aliphatic carbocycles. The summed E-state index contributed by atoms with van der Waals surface area (Å²) in [4.78, 5) is 12.4. The van der Waals surface area contributed by atoms with Gasteiger partial charge < -0.3 is 10.1 Å². The number of carbonyl (C=O) groups excluding carboxylic acids is 1. The van der Waals surface area contributed by atoms with Gasteiger partial charge in [0, 0.05) is 22.8 Å². The Balaban J connectivity index is 1.59. The molecule has 1 amide bonds. The van der Waals surface area contributed by atoms with Crippen LogP contribution in [0.4, 0.5) is 19.0 Å². The average Bonchev–Trinajstić information content (AvgIpc) is 3.07. The molecule has 3 rings (SSSR count). The zero-order valence-electron chi connectivity index (χ0n) is 15.1. The van der Waals surface area contributed by atoms with Crippen LogP contribution in [0.1, 0.15) is 21.5 Å². The van der Waals surface area contributed by atoms with Crippen molar-refractivity contribution >= 4 is 23.3 Å². The summed E-state index contributed by atoms with van der Waals surface area (Å²) in [5.74, 6) is -0.0635. The smallest absolute Gasteiger partial charge is 0.367 e. The maximum absolute atomic E-state index is 12.4. The van der Waals surface area contributed by atoms with Crippen molar-refractivity contribution in [2.45, 2.75) is 19.3 Å². The number of anilines is 1. The summed E-state index contributed by atoms with van der Waals surface area (Å²) in [5, 5.41) is 7.58. The van der Waals surface area contributed by atoms with Crippen LogP contribution in [-0.2, 0) is 17.9 Å². The van der Waals surface area contributed by atoms with E-state index in [-0.39, 0.29) is 6.61 Å². The standard InChI is InChI=1S/C20H17ClF3N3O2/c21-17-6-2-3-14(10-17)11-27-8-7-18(26-27)25-19(28)16-5-1-4-15(9-16)12-29-13-20(22,23)24/h1-10H,11-13H2,(H,25,26,28). The summed E-state index contributed by atoms with van der Waals surface area (Å²) >= 11 is 5.97. The monoisotopic (exact) mass is 423 g/mol. The number of nitrogens with one attached hydrogen (secondary N) is 1. The third-order valence-corrected chi connectivity index (χ3v) is 4.07. The summed E-state index contributed by atoms with van der Waals surface area (Å²) in [5.41, 5.74) is 1.72. The number of ether oxygens (including phenoxy) is 1. The molecule has 0 radical (unpaired) electrons. The minimum atomic E-state index is -4.39. The van der Waals surface area contributed by atoms with E-state index in [4.69, 9.17) is 11.6 Å². The second-order valence-electron chi connectivity index (χ2n) is 6.29. The molecule has 0 atom stereocenters. The Hall–Kier alpha value is -2.84. The van der Waals surface area contributed by atoms with Gasteiger partial charge >= 0.3 is 6.18 Å². The maximum Gasteiger partial charge on any atom is 0.411 e. The number of amides is 1. The third-order valence-electron chi connectivity index (χ3n) is 3.84. The first kappa shape index (κ1) is 20.9. The van der Waals surface area contributed by atoms with Gasteiger partial charge in [0.05, 0.1) is 13.2 Å². The van der Waals surface area contributed by atoms with Crippen LogP contribution in [0.3, 0.4) is 0 Å². The fourth-order valence-corrected chi connectivity index (χ4v) is 2.83. The molecule has 2 aromatic carbocycles. The van der Waals surface area contributed by atoms with Gasteiger partial charge in [0.25, 0.3) is 5.91 Å². The Morgan fingerprint density at radius 3 is 2.62 bits per heavy atom. The zero-order chi connectivity index (χ0) is 20.9. The topological polar surface area (TPSA) is 56.2 Å². The van der Waals surface area contributed by atoms with Gasteiger partial charge in [0.1, 0.15) is 6.61 Å². The van der Waals surface area contributed by atoms with Crippen molar-refractivity contribution in [3.63, 3.8) is 0 Å². The molecule has 3 aromatic rings. The lowest BCUT2D eigenvalue weighted by molar-refractivity contribution is -0.176. The van der Waals surface area contributed by atoms with Gasteiger partial charge in [-0.3, -0.25) is 9.48 Å². The molecule has 0 aliphatic heterocycles. The molecule has 0 spiro atoms. The first-order valence-electron chi connectivity index (χ1n) is 8.61. The van der Waals surface area contributed by atoms with E-state index in [0.717, 1.165) is 5.56 Å². The van der Waals surface area contributed by atoms with Gasteiger partial charge in [0.15, 0.2) is 5.82 Å². The minimum absolute atomic E-state index is 0.241. The van der Waals surface area contributed by atoms with Crippen LogP contribution in [0, 0.1) is 0 Å². The van der Waals surface area contributed by atoms with E-state index in [1.54, 1.807) is 41.2 Å². The molecular formula is C20H17ClF3N3O2. The molecule has 0 unspecified atom stereocenters. The molecule has 0 saturated carbocycles. The van der Waals surface area contributed by atoms with Crippen LogP contribution < -0.4 is 5.32 Å². The summed E-state index contributed by atoms with van der Waals surface area (Å²) in [6.45, 7) is -1.09. The number of alkyl halides is 3. The van der Waals surface area contributed by atoms with E-state index in [0.29, 0.717) is 28.5 Å². The summed E-state index contributed by atoms with van der Waals surface area (Å²) in [6.07, 6.45) is -2.67. The molecule has 0 bridgehead atoms. The van der Waals surface area contributed by atoms with E-state index >= 15 is 0 Å². The minimum Gasteiger partial charge on any atom is -0.367 e. The molecule has 29 heavy (non-hydrogen) atoms. The molecule has 9 heteroatoms. The highest BCUT2D eigenvalue weighted by atomic mass is 35.5. The number of rotatable bonds is 7. The van der Waals surface area contributed by atoms with Gasteiger partial charge in [-0.05, 0) is 35.4 Å². The Labute approximate surface area is 170 Å². The molecule has 0 aliphatic rings. The summed E-state index contributed by atoms with van der Waals surface area (Å²) in [6, 6.07) is 15.2. The van der Waals surface area contributed by atoms with Gasteiger partial charge in [0.2, 0.25) is 0 Å². The molecule has 152 valence electrons. The fraction of sp³-hybridized carbons (Fsp3) is 0.200. The van der Waals surface area contributed by atoms with Crippen LogP contribution in [0.25, 0.3) is 0 Å².